The van der Waals surface area contributed by atoms with Gasteiger partial charge in [-0.05, 0) is 6.07 Å². The third-order valence-corrected chi connectivity index (χ3v) is 5.30. The van der Waals surface area contributed by atoms with Crippen LogP contribution in [0.2, 0.25) is 0 Å². The number of aromatic nitrogens is 3. The van der Waals surface area contributed by atoms with Crippen molar-refractivity contribution < 1.29 is 4.79 Å². The van der Waals surface area contributed by atoms with Crippen LogP contribution in [0.3, 0.4) is 0 Å². The molecule has 0 spiro atoms. The number of rotatable bonds is 6. The van der Waals surface area contributed by atoms with Gasteiger partial charge >= 0.3 is 0 Å². The summed E-state index contributed by atoms with van der Waals surface area (Å²) in [7, 11) is 0. The molecule has 4 rings (SSSR count). The summed E-state index contributed by atoms with van der Waals surface area (Å²) in [5, 5.41) is 10.9. The van der Waals surface area contributed by atoms with Crippen molar-refractivity contribution in [2.75, 3.05) is 6.54 Å². The highest BCUT2D eigenvalue weighted by atomic mass is 32.1. The van der Waals surface area contributed by atoms with E-state index in [0.717, 1.165) is 41.5 Å². The first-order valence-electron chi connectivity index (χ1n) is 8.80. The van der Waals surface area contributed by atoms with Crippen molar-refractivity contribution in [2.45, 2.75) is 32.5 Å². The molecule has 1 aliphatic rings. The fourth-order valence-electron chi connectivity index (χ4n) is 3.11. The number of nitrogens with zero attached hydrogens (tertiary/aromatic N) is 3. The van der Waals surface area contributed by atoms with Crippen LogP contribution in [0.15, 0.2) is 41.9 Å². The summed E-state index contributed by atoms with van der Waals surface area (Å²) in [6.45, 7) is 3.21. The fraction of sp³-hybridized carbons (Fsp3) is 0.316. The summed E-state index contributed by atoms with van der Waals surface area (Å²) < 4.78 is 2.03. The monoisotopic (exact) mass is 367 g/mol. The average molecular weight is 367 g/mol. The van der Waals surface area contributed by atoms with Crippen molar-refractivity contribution >= 4 is 17.2 Å². The summed E-state index contributed by atoms with van der Waals surface area (Å²) in [6, 6.07) is 12.1. The van der Waals surface area contributed by atoms with E-state index in [1.54, 1.807) is 11.3 Å². The molecule has 1 aliphatic heterocycles. The lowest BCUT2D eigenvalue weighted by atomic mass is 10.1. The Bertz CT molecular complexity index is 863. The van der Waals surface area contributed by atoms with Gasteiger partial charge in [-0.15, -0.1) is 11.3 Å². The van der Waals surface area contributed by atoms with Crippen molar-refractivity contribution in [1.29, 1.82) is 0 Å². The molecule has 0 aliphatic carbocycles. The molecule has 2 aromatic heterocycles. The lowest BCUT2D eigenvalue weighted by Crippen LogP contribution is -2.28. The molecule has 3 heterocycles. The summed E-state index contributed by atoms with van der Waals surface area (Å²) in [6.07, 6.45) is 1.11. The Hall–Kier alpha value is -2.51. The number of hydrogen-bond donors (Lipinski definition) is 2. The summed E-state index contributed by atoms with van der Waals surface area (Å²) in [5.41, 5.74) is 6.04. The van der Waals surface area contributed by atoms with E-state index in [2.05, 4.69) is 26.8 Å². The number of carbonyl (C=O) groups excluding carboxylic acids is 1. The van der Waals surface area contributed by atoms with Crippen molar-refractivity contribution in [2.24, 2.45) is 0 Å². The number of aryl methyl sites for hydroxylation is 1. The van der Waals surface area contributed by atoms with E-state index in [0.29, 0.717) is 19.4 Å². The van der Waals surface area contributed by atoms with Crippen molar-refractivity contribution in [3.05, 3.63) is 58.2 Å². The number of thiazole rings is 1. The molecule has 6 nitrogen and oxygen atoms in total. The summed E-state index contributed by atoms with van der Waals surface area (Å²) in [4.78, 5) is 17.7. The minimum Gasteiger partial charge on any atom is -0.351 e. The van der Waals surface area contributed by atoms with Crippen LogP contribution in [0.25, 0.3) is 11.3 Å². The van der Waals surface area contributed by atoms with Gasteiger partial charge in [-0.25, -0.2) is 4.98 Å². The highest BCUT2D eigenvalue weighted by Crippen LogP contribution is 2.25. The SMILES string of the molecule is O=C(CCc1cc2n(n1)CCNC2)NCc1scnc1-c1ccccc1. The van der Waals surface area contributed by atoms with Gasteiger partial charge in [0.15, 0.2) is 0 Å². The molecular formula is C19H21N5OS. The molecular weight excluding hydrogens is 346 g/mol. The second kappa shape index (κ2) is 7.80. The predicted octanol–water partition coefficient (Wildman–Crippen LogP) is 2.36. The predicted molar refractivity (Wildman–Crippen MR) is 102 cm³/mol. The average Bonchev–Trinajstić information content (AvgIpc) is 3.31. The first-order valence-corrected chi connectivity index (χ1v) is 9.68. The van der Waals surface area contributed by atoms with Gasteiger partial charge in [0.2, 0.25) is 5.91 Å². The van der Waals surface area contributed by atoms with Crippen LogP contribution in [-0.4, -0.2) is 27.2 Å². The Morgan fingerprint density at radius 2 is 2.19 bits per heavy atom. The second-order valence-corrected chi connectivity index (χ2v) is 7.23. The standard InChI is InChI=1S/C19H21N5OS/c25-18(7-6-15-10-16-11-20-8-9-24(16)23-15)21-12-17-19(22-13-26-17)14-4-2-1-3-5-14/h1-5,10,13,20H,6-9,11-12H2,(H,21,25). The van der Waals surface area contributed by atoms with E-state index in [1.165, 1.54) is 5.69 Å². The number of hydrogen-bond acceptors (Lipinski definition) is 5. The maximum absolute atomic E-state index is 12.2. The molecule has 3 aromatic rings. The van der Waals surface area contributed by atoms with Gasteiger partial charge in [0.05, 0.1) is 40.6 Å². The third kappa shape index (κ3) is 3.84. The molecule has 0 saturated heterocycles. The summed E-state index contributed by atoms with van der Waals surface area (Å²) in [5.74, 6) is 0.0431. The minimum atomic E-state index is 0.0431. The second-order valence-electron chi connectivity index (χ2n) is 6.29. The van der Waals surface area contributed by atoms with Crippen LogP contribution in [0.5, 0.6) is 0 Å². The molecule has 2 N–H and O–H groups in total. The first-order chi connectivity index (χ1) is 12.8. The maximum Gasteiger partial charge on any atom is 0.220 e. The summed E-state index contributed by atoms with van der Waals surface area (Å²) >= 11 is 1.57. The lowest BCUT2D eigenvalue weighted by molar-refractivity contribution is -0.121. The van der Waals surface area contributed by atoms with E-state index in [9.17, 15) is 4.79 Å². The van der Waals surface area contributed by atoms with Crippen LogP contribution in [0.4, 0.5) is 0 Å². The van der Waals surface area contributed by atoms with Crippen LogP contribution in [-0.2, 0) is 30.8 Å². The zero-order valence-electron chi connectivity index (χ0n) is 14.4. The topological polar surface area (TPSA) is 71.8 Å². The van der Waals surface area contributed by atoms with E-state index in [1.807, 2.05) is 40.5 Å². The van der Waals surface area contributed by atoms with Gasteiger partial charge in [-0.3, -0.25) is 9.48 Å². The molecule has 0 unspecified atom stereocenters. The van der Waals surface area contributed by atoms with E-state index >= 15 is 0 Å². The molecule has 1 aromatic carbocycles. The van der Waals surface area contributed by atoms with Gasteiger partial charge in [0, 0.05) is 31.5 Å². The van der Waals surface area contributed by atoms with Crippen molar-refractivity contribution in [3.8, 4) is 11.3 Å². The van der Waals surface area contributed by atoms with Crippen LogP contribution < -0.4 is 10.6 Å². The van der Waals surface area contributed by atoms with Crippen molar-refractivity contribution in [3.63, 3.8) is 0 Å². The van der Waals surface area contributed by atoms with Gasteiger partial charge < -0.3 is 10.6 Å². The molecule has 7 heteroatoms. The van der Waals surface area contributed by atoms with Gasteiger partial charge in [0.1, 0.15) is 0 Å². The van der Waals surface area contributed by atoms with Gasteiger partial charge in [0.25, 0.3) is 0 Å². The Morgan fingerprint density at radius 3 is 3.04 bits per heavy atom. The normalized spacial score (nSPS) is 13.4. The molecule has 0 saturated carbocycles. The third-order valence-electron chi connectivity index (χ3n) is 4.46. The highest BCUT2D eigenvalue weighted by molar-refractivity contribution is 7.10. The minimum absolute atomic E-state index is 0.0431. The molecule has 1 amide bonds. The number of carbonyl (C=O) groups is 1. The zero-order valence-corrected chi connectivity index (χ0v) is 15.3. The Labute approximate surface area is 156 Å². The van der Waals surface area contributed by atoms with Crippen LogP contribution in [0, 0.1) is 0 Å². The van der Waals surface area contributed by atoms with E-state index in [-0.39, 0.29) is 5.91 Å². The van der Waals surface area contributed by atoms with Gasteiger partial charge in [-0.1, -0.05) is 30.3 Å². The van der Waals surface area contributed by atoms with Crippen LogP contribution >= 0.6 is 11.3 Å². The van der Waals surface area contributed by atoms with E-state index < -0.39 is 0 Å². The molecule has 134 valence electrons. The Morgan fingerprint density at radius 1 is 1.31 bits per heavy atom. The smallest absolute Gasteiger partial charge is 0.220 e. The number of benzene rings is 1. The van der Waals surface area contributed by atoms with Crippen LogP contribution in [0.1, 0.15) is 22.7 Å². The molecule has 0 fully saturated rings. The van der Waals surface area contributed by atoms with Gasteiger partial charge in [-0.2, -0.15) is 5.10 Å². The maximum atomic E-state index is 12.2. The zero-order chi connectivity index (χ0) is 17.8. The molecule has 26 heavy (non-hydrogen) atoms. The largest absolute Gasteiger partial charge is 0.351 e. The molecule has 0 bridgehead atoms. The van der Waals surface area contributed by atoms with Crippen molar-refractivity contribution in [1.82, 2.24) is 25.4 Å². The fourth-order valence-corrected chi connectivity index (χ4v) is 3.83. The van der Waals surface area contributed by atoms with E-state index in [4.69, 9.17) is 0 Å². The quantitative estimate of drug-likeness (QED) is 0.702. The lowest BCUT2D eigenvalue weighted by Gasteiger charge is -2.13. The number of amides is 1. The molecule has 0 atom stereocenters. The Kier molecular flexibility index (Phi) is 5.08. The Balaban J connectivity index is 1.31. The number of fused-ring (bicyclic) bond motifs is 1. The molecule has 0 radical (unpaired) electrons. The first kappa shape index (κ1) is 16.9. The highest BCUT2D eigenvalue weighted by Gasteiger charge is 2.13. The number of nitrogens with one attached hydrogen (secondary N) is 2.